The molecule has 2 atom stereocenters. The first-order valence-corrected chi connectivity index (χ1v) is 11.2. The molecular weight excluding hydrogens is 439 g/mol. The number of aliphatic hydroxyl groups is 2. The average Bonchev–Trinajstić information content (AvgIpc) is 3.44. The quantitative estimate of drug-likeness (QED) is 0.480. The van der Waals surface area contributed by atoms with Gasteiger partial charge in [0.25, 0.3) is 0 Å². The normalized spacial score (nSPS) is 21.5. The molecule has 0 amide bonds. The fourth-order valence-corrected chi connectivity index (χ4v) is 4.16. The Hall–Kier alpha value is -3.56. The lowest BCUT2D eigenvalue weighted by Gasteiger charge is -2.23. The number of rotatable bonds is 6. The number of nitrogens with one attached hydrogen (secondary N) is 1. The number of ether oxygens (including phenoxy) is 1. The van der Waals surface area contributed by atoms with Crippen molar-refractivity contribution in [3.8, 4) is 22.5 Å². The number of esters is 1. The van der Waals surface area contributed by atoms with Crippen LogP contribution in [0.4, 0.5) is 10.2 Å². The summed E-state index contributed by atoms with van der Waals surface area (Å²) in [4.78, 5) is 20.9. The number of cyclic esters (lactones) is 1. The van der Waals surface area contributed by atoms with Crippen LogP contribution in [-0.4, -0.2) is 50.0 Å². The Bertz CT molecular complexity index is 1250. The van der Waals surface area contributed by atoms with E-state index in [0.29, 0.717) is 41.4 Å². The van der Waals surface area contributed by atoms with Gasteiger partial charge in [0, 0.05) is 37.0 Å². The van der Waals surface area contributed by atoms with Gasteiger partial charge in [-0.2, -0.15) is 0 Å². The third kappa shape index (κ3) is 4.32. The molecule has 0 bridgehead atoms. The van der Waals surface area contributed by atoms with Gasteiger partial charge in [-0.15, -0.1) is 0 Å². The number of anilines is 1. The molecule has 1 saturated heterocycles. The lowest BCUT2D eigenvalue weighted by atomic mass is 10.0. The summed E-state index contributed by atoms with van der Waals surface area (Å²) in [5.74, 6) is 0.277. The van der Waals surface area contributed by atoms with E-state index in [-0.39, 0.29) is 18.7 Å². The van der Waals surface area contributed by atoms with Crippen molar-refractivity contribution in [3.63, 3.8) is 0 Å². The van der Waals surface area contributed by atoms with Crippen LogP contribution in [0, 0.1) is 5.82 Å². The van der Waals surface area contributed by atoms with E-state index in [9.17, 15) is 19.4 Å². The second-order valence-corrected chi connectivity index (χ2v) is 8.68. The number of pyridine rings is 1. The fourth-order valence-electron chi connectivity index (χ4n) is 4.16. The number of hydrogen-bond donors (Lipinski definition) is 3. The zero-order valence-electron chi connectivity index (χ0n) is 18.6. The molecule has 0 radical (unpaired) electrons. The number of nitrogens with zero attached hydrogens (tertiary/aromatic N) is 3. The molecule has 0 unspecified atom stereocenters. The van der Waals surface area contributed by atoms with Crippen molar-refractivity contribution in [1.82, 2.24) is 14.5 Å². The Morgan fingerprint density at radius 3 is 2.68 bits per heavy atom. The van der Waals surface area contributed by atoms with E-state index < -0.39 is 23.8 Å². The van der Waals surface area contributed by atoms with E-state index in [1.165, 1.54) is 12.1 Å². The second-order valence-electron chi connectivity index (χ2n) is 8.68. The van der Waals surface area contributed by atoms with E-state index in [0.717, 1.165) is 5.56 Å². The number of aromatic nitrogens is 3. The first-order chi connectivity index (χ1) is 16.4. The average molecular weight is 464 g/mol. The lowest BCUT2D eigenvalue weighted by Crippen LogP contribution is -2.31. The summed E-state index contributed by atoms with van der Waals surface area (Å²) in [5.41, 5.74) is 1.65. The van der Waals surface area contributed by atoms with Crippen LogP contribution in [0.1, 0.15) is 31.5 Å². The summed E-state index contributed by atoms with van der Waals surface area (Å²) in [7, 11) is 1.77. The number of aliphatic hydroxyl groups excluding tert-OH is 1. The van der Waals surface area contributed by atoms with Gasteiger partial charge in [0.15, 0.2) is 0 Å². The number of benzene rings is 1. The lowest BCUT2D eigenvalue weighted by molar-refractivity contribution is -0.156. The minimum atomic E-state index is -1.08. The maximum atomic E-state index is 13.7. The minimum absolute atomic E-state index is 0.0266. The van der Waals surface area contributed by atoms with Crippen molar-refractivity contribution in [1.29, 1.82) is 0 Å². The summed E-state index contributed by atoms with van der Waals surface area (Å²) in [6, 6.07) is 9.73. The molecule has 3 aromatic rings. The number of imidazole rings is 1. The second kappa shape index (κ2) is 8.66. The number of halogens is 1. The summed E-state index contributed by atoms with van der Waals surface area (Å²) < 4.78 is 20.9. The number of carbonyl (C=O) groups excluding carboxylic acids is 1. The van der Waals surface area contributed by atoms with Gasteiger partial charge in [-0.05, 0) is 55.3 Å². The van der Waals surface area contributed by atoms with Gasteiger partial charge in [0.05, 0.1) is 23.9 Å². The van der Waals surface area contributed by atoms with Gasteiger partial charge in [-0.25, -0.2) is 14.4 Å². The highest BCUT2D eigenvalue weighted by Gasteiger charge is 2.47. The van der Waals surface area contributed by atoms with E-state index in [1.807, 2.05) is 12.1 Å². The van der Waals surface area contributed by atoms with E-state index in [1.54, 1.807) is 42.2 Å². The van der Waals surface area contributed by atoms with Crippen LogP contribution in [0.3, 0.4) is 0 Å². The highest BCUT2D eigenvalue weighted by atomic mass is 19.1. The summed E-state index contributed by atoms with van der Waals surface area (Å²) in [6.45, 7) is 0. The summed E-state index contributed by atoms with van der Waals surface area (Å²) in [5, 5.41) is 24.0. The van der Waals surface area contributed by atoms with Crippen LogP contribution in [0.5, 0.6) is 0 Å². The molecule has 1 aliphatic carbocycles. The molecule has 2 aromatic heterocycles. The van der Waals surface area contributed by atoms with Gasteiger partial charge in [-0.1, -0.05) is 0 Å². The summed E-state index contributed by atoms with van der Waals surface area (Å²) in [6.07, 6.45) is 5.06. The van der Waals surface area contributed by atoms with Gasteiger partial charge in [-0.3, -0.25) is 4.79 Å². The first kappa shape index (κ1) is 22.2. The summed E-state index contributed by atoms with van der Waals surface area (Å²) >= 11 is 0. The third-order valence-electron chi connectivity index (χ3n) is 6.10. The van der Waals surface area contributed by atoms with Crippen molar-refractivity contribution in [2.75, 3.05) is 12.4 Å². The van der Waals surface area contributed by atoms with Crippen LogP contribution < -0.4 is 5.32 Å². The Labute approximate surface area is 195 Å². The predicted molar refractivity (Wildman–Crippen MR) is 124 cm³/mol. The zero-order chi connectivity index (χ0) is 23.9. The molecule has 8 nitrogen and oxygen atoms in total. The Balaban J connectivity index is 1.68. The van der Waals surface area contributed by atoms with E-state index in [4.69, 9.17) is 9.72 Å². The third-order valence-corrected chi connectivity index (χ3v) is 6.10. The number of hydrogen-bond acceptors (Lipinski definition) is 7. The first-order valence-electron chi connectivity index (χ1n) is 11.2. The highest BCUT2D eigenvalue weighted by Crippen LogP contribution is 2.48. The SMILES string of the molecule is CNc1cc(-c2nc(C3(O)CC3)n(C=C[C@@H]3C[C@@H](O)CC(=O)O3)c2-c2ccc(F)cc2)ccn1. The monoisotopic (exact) mass is 464 g/mol. The van der Waals surface area contributed by atoms with E-state index in [2.05, 4.69) is 10.3 Å². The van der Waals surface area contributed by atoms with Gasteiger partial charge in [0.1, 0.15) is 29.2 Å². The maximum absolute atomic E-state index is 13.7. The Kier molecular flexibility index (Phi) is 5.66. The van der Waals surface area contributed by atoms with Crippen LogP contribution in [0.2, 0.25) is 0 Å². The molecule has 176 valence electrons. The predicted octanol–water partition coefficient (Wildman–Crippen LogP) is 3.31. The highest BCUT2D eigenvalue weighted by molar-refractivity contribution is 5.82. The molecular formula is C25H25FN4O4. The van der Waals surface area contributed by atoms with Crippen LogP contribution >= 0.6 is 0 Å². The maximum Gasteiger partial charge on any atom is 0.309 e. The molecule has 2 aliphatic rings. The fraction of sp³-hybridized carbons (Fsp3) is 0.320. The van der Waals surface area contributed by atoms with Gasteiger partial charge >= 0.3 is 5.97 Å². The molecule has 0 spiro atoms. The minimum Gasteiger partial charge on any atom is -0.458 e. The molecule has 1 saturated carbocycles. The van der Waals surface area contributed by atoms with Crippen molar-refractivity contribution in [3.05, 3.63) is 60.3 Å². The molecule has 5 rings (SSSR count). The smallest absolute Gasteiger partial charge is 0.309 e. The van der Waals surface area contributed by atoms with Crippen LogP contribution in [-0.2, 0) is 15.1 Å². The van der Waals surface area contributed by atoms with Crippen LogP contribution in [0.15, 0.2) is 48.7 Å². The molecule has 3 N–H and O–H groups in total. The molecule has 2 fully saturated rings. The molecule has 9 heteroatoms. The Morgan fingerprint density at radius 1 is 1.24 bits per heavy atom. The van der Waals surface area contributed by atoms with Crippen molar-refractivity contribution in [2.45, 2.75) is 43.5 Å². The molecule has 1 aromatic carbocycles. The van der Waals surface area contributed by atoms with Gasteiger partial charge in [0.2, 0.25) is 0 Å². The molecule has 1 aliphatic heterocycles. The largest absolute Gasteiger partial charge is 0.458 e. The number of carbonyl (C=O) groups is 1. The molecule has 34 heavy (non-hydrogen) atoms. The van der Waals surface area contributed by atoms with Crippen LogP contribution in [0.25, 0.3) is 28.7 Å². The molecule has 3 heterocycles. The van der Waals surface area contributed by atoms with Crippen molar-refractivity contribution in [2.24, 2.45) is 0 Å². The van der Waals surface area contributed by atoms with Gasteiger partial charge < -0.3 is 24.8 Å². The Morgan fingerprint density at radius 2 is 2.00 bits per heavy atom. The van der Waals surface area contributed by atoms with Crippen molar-refractivity contribution >= 4 is 18.0 Å². The zero-order valence-corrected chi connectivity index (χ0v) is 18.6. The van der Waals surface area contributed by atoms with Crippen molar-refractivity contribution < 1.29 is 24.1 Å². The topological polar surface area (TPSA) is 110 Å². The van der Waals surface area contributed by atoms with E-state index >= 15 is 0 Å². The standard InChI is InChI=1S/C25H25FN4O4/c1-27-20-12-16(6-10-28-20)22-23(15-2-4-17(26)5-3-15)30(24(29-22)25(33)8-9-25)11-7-19-13-18(31)14-21(32)34-19/h2-7,10-12,18-19,31,33H,8-9,13-14H2,1H3,(H,27,28)/t18-,19-/m1/s1.